The van der Waals surface area contributed by atoms with Crippen molar-refractivity contribution >= 4 is 10.2 Å². The van der Waals surface area contributed by atoms with E-state index in [1.807, 2.05) is 24.7 Å². The quantitative estimate of drug-likeness (QED) is 0.814. The average molecular weight is 388 g/mol. The van der Waals surface area contributed by atoms with Gasteiger partial charge >= 0.3 is 0 Å². The monoisotopic (exact) mass is 388 g/mol. The molecule has 3 heterocycles. The number of rotatable bonds is 2. The third-order valence-electron chi connectivity index (χ3n) is 7.01. The number of hydrogen-bond acceptors (Lipinski definition) is 4. The molecule has 8 heteroatoms. The highest BCUT2D eigenvalue weighted by Crippen LogP contribution is 2.55. The van der Waals surface area contributed by atoms with Crippen molar-refractivity contribution < 1.29 is 13.5 Å². The molecule has 1 spiro atoms. The maximum Gasteiger partial charge on any atom is 0.276 e. The van der Waals surface area contributed by atoms with Crippen LogP contribution in [0.3, 0.4) is 0 Å². The van der Waals surface area contributed by atoms with Crippen molar-refractivity contribution in [1.82, 2.24) is 13.9 Å². The molecule has 1 saturated heterocycles. The Morgan fingerprint density at radius 1 is 1.19 bits per heavy atom. The molecule has 1 aromatic carbocycles. The van der Waals surface area contributed by atoms with Gasteiger partial charge < -0.3 is 9.67 Å². The molecular weight excluding hydrogens is 364 g/mol. The molecule has 3 atom stereocenters. The van der Waals surface area contributed by atoms with Crippen molar-refractivity contribution in [3.05, 3.63) is 42.4 Å². The Balaban J connectivity index is 1.44. The van der Waals surface area contributed by atoms with Gasteiger partial charge in [0, 0.05) is 24.6 Å². The molecule has 0 unspecified atom stereocenters. The molecule has 5 rings (SSSR count). The summed E-state index contributed by atoms with van der Waals surface area (Å²) in [5.41, 5.74) is 3.33. The lowest BCUT2D eigenvalue weighted by atomic mass is 9.73. The minimum absolute atomic E-state index is 0.0874. The Labute approximate surface area is 159 Å². The summed E-state index contributed by atoms with van der Waals surface area (Å²) in [7, 11) is -3.65. The van der Waals surface area contributed by atoms with Gasteiger partial charge in [-0.1, -0.05) is 24.3 Å². The maximum absolute atomic E-state index is 11.6. The number of fused-ring (bicyclic) bond motifs is 3. The first-order valence-corrected chi connectivity index (χ1v) is 11.0. The number of nitrogens with zero attached hydrogens (tertiary/aromatic N) is 3. The Bertz CT molecular complexity index is 978. The van der Waals surface area contributed by atoms with E-state index in [4.69, 9.17) is 5.14 Å². The zero-order valence-electron chi connectivity index (χ0n) is 15.0. The molecule has 3 N–H and O–H groups in total. The van der Waals surface area contributed by atoms with Crippen LogP contribution in [0.5, 0.6) is 0 Å². The minimum Gasteiger partial charge on any atom is -0.392 e. The molecule has 7 nitrogen and oxygen atoms in total. The van der Waals surface area contributed by atoms with E-state index in [0.717, 1.165) is 18.5 Å². The zero-order valence-corrected chi connectivity index (χ0v) is 15.8. The van der Waals surface area contributed by atoms with Gasteiger partial charge in [0.25, 0.3) is 10.2 Å². The molecule has 0 radical (unpaired) electrons. The summed E-state index contributed by atoms with van der Waals surface area (Å²) >= 11 is 0. The maximum atomic E-state index is 11.6. The lowest BCUT2D eigenvalue weighted by molar-refractivity contribution is -0.0146. The van der Waals surface area contributed by atoms with Crippen molar-refractivity contribution in [3.8, 4) is 11.3 Å². The first-order chi connectivity index (χ1) is 12.9. The van der Waals surface area contributed by atoms with Crippen LogP contribution < -0.4 is 5.14 Å². The fraction of sp³-hybridized carbons (Fsp3) is 0.526. The van der Waals surface area contributed by atoms with E-state index in [1.54, 1.807) is 0 Å². The van der Waals surface area contributed by atoms with Crippen LogP contribution in [-0.2, 0) is 10.2 Å². The van der Waals surface area contributed by atoms with Crippen molar-refractivity contribution in [2.24, 2.45) is 16.5 Å². The van der Waals surface area contributed by atoms with Crippen LogP contribution in [0.15, 0.2) is 36.8 Å². The van der Waals surface area contributed by atoms with Crippen molar-refractivity contribution in [2.45, 2.75) is 37.8 Å². The van der Waals surface area contributed by atoms with E-state index < -0.39 is 16.3 Å². The predicted molar refractivity (Wildman–Crippen MR) is 101 cm³/mol. The van der Waals surface area contributed by atoms with Gasteiger partial charge in [-0.3, -0.25) is 0 Å². The SMILES string of the molecule is NS(=O)(=O)N1CCC2(CC[C@H]([C@@H]3c4ccccc4-c4cncn43)[C@H]2O)CC1. The number of imidazole rings is 1. The highest BCUT2D eigenvalue weighted by atomic mass is 32.2. The number of nitrogens with two attached hydrogens (primary N) is 1. The average Bonchev–Trinajstić information content (AvgIpc) is 3.30. The van der Waals surface area contributed by atoms with Gasteiger partial charge in [0.15, 0.2) is 0 Å². The number of piperidine rings is 1. The lowest BCUT2D eigenvalue weighted by Crippen LogP contribution is -2.49. The molecule has 2 aromatic rings. The lowest BCUT2D eigenvalue weighted by Gasteiger charge is -2.41. The highest BCUT2D eigenvalue weighted by Gasteiger charge is 2.53. The summed E-state index contributed by atoms with van der Waals surface area (Å²) in [5, 5.41) is 16.6. The van der Waals surface area contributed by atoms with Gasteiger partial charge in [-0.15, -0.1) is 0 Å². The van der Waals surface area contributed by atoms with Crippen molar-refractivity contribution in [1.29, 1.82) is 0 Å². The van der Waals surface area contributed by atoms with Gasteiger partial charge in [-0.05, 0) is 36.7 Å². The Morgan fingerprint density at radius 2 is 1.93 bits per heavy atom. The normalized spacial score (nSPS) is 29.8. The molecule has 2 aliphatic heterocycles. The summed E-state index contributed by atoms with van der Waals surface area (Å²) in [6.07, 6.45) is 6.44. The summed E-state index contributed by atoms with van der Waals surface area (Å²) in [6.45, 7) is 0.778. The molecule has 2 fully saturated rings. The van der Waals surface area contributed by atoms with Gasteiger partial charge in [0.05, 0.1) is 30.4 Å². The van der Waals surface area contributed by atoms with Crippen LogP contribution in [-0.4, -0.2) is 46.6 Å². The molecule has 27 heavy (non-hydrogen) atoms. The number of aliphatic hydroxyl groups excluding tert-OH is 1. The van der Waals surface area contributed by atoms with Crippen LogP contribution in [0, 0.1) is 11.3 Å². The number of aliphatic hydroxyl groups is 1. The summed E-state index contributed by atoms with van der Waals surface area (Å²) in [5.74, 6) is 0.0997. The van der Waals surface area contributed by atoms with E-state index in [-0.39, 0.29) is 17.4 Å². The number of benzene rings is 1. The molecule has 1 aromatic heterocycles. The third-order valence-corrected chi connectivity index (χ3v) is 8.10. The van der Waals surface area contributed by atoms with Crippen LogP contribution >= 0.6 is 0 Å². The fourth-order valence-electron chi connectivity index (χ4n) is 5.59. The van der Waals surface area contributed by atoms with Crippen LogP contribution in [0.25, 0.3) is 11.3 Å². The summed E-state index contributed by atoms with van der Waals surface area (Å²) in [4.78, 5) is 4.32. The largest absolute Gasteiger partial charge is 0.392 e. The molecule has 144 valence electrons. The van der Waals surface area contributed by atoms with Crippen LogP contribution in [0.1, 0.15) is 37.3 Å². The van der Waals surface area contributed by atoms with Crippen LogP contribution in [0.4, 0.5) is 0 Å². The summed E-state index contributed by atoms with van der Waals surface area (Å²) in [6, 6.07) is 8.43. The molecule has 3 aliphatic rings. The predicted octanol–water partition coefficient (Wildman–Crippen LogP) is 1.51. The number of aromatic nitrogens is 2. The van der Waals surface area contributed by atoms with Crippen molar-refractivity contribution in [2.75, 3.05) is 13.1 Å². The third kappa shape index (κ3) is 2.51. The van der Waals surface area contributed by atoms with Gasteiger partial charge in [-0.2, -0.15) is 12.7 Å². The Morgan fingerprint density at radius 3 is 2.67 bits per heavy atom. The second kappa shape index (κ2) is 5.88. The molecular formula is C19H24N4O3S. The van der Waals surface area contributed by atoms with E-state index >= 15 is 0 Å². The highest BCUT2D eigenvalue weighted by molar-refractivity contribution is 7.86. The summed E-state index contributed by atoms with van der Waals surface area (Å²) < 4.78 is 26.8. The van der Waals surface area contributed by atoms with Crippen molar-refractivity contribution in [3.63, 3.8) is 0 Å². The second-order valence-electron chi connectivity index (χ2n) is 8.17. The van der Waals surface area contributed by atoms with Gasteiger partial charge in [0.2, 0.25) is 0 Å². The first kappa shape index (κ1) is 17.4. The van der Waals surface area contributed by atoms with Gasteiger partial charge in [0.1, 0.15) is 0 Å². The van der Waals surface area contributed by atoms with E-state index in [1.165, 1.54) is 15.4 Å². The smallest absolute Gasteiger partial charge is 0.276 e. The second-order valence-corrected chi connectivity index (χ2v) is 9.72. The van der Waals surface area contributed by atoms with Crippen LogP contribution in [0.2, 0.25) is 0 Å². The molecule has 1 aliphatic carbocycles. The molecule has 1 saturated carbocycles. The topological polar surface area (TPSA) is 101 Å². The standard InChI is InChI=1S/C19H24N4O3S/c20-27(25,26)22-9-7-19(8-10-22)6-5-15(18(19)24)17-14-4-2-1-3-13(14)16-11-21-12-23(16)17/h1-4,11-12,15,17-18,24H,5-10H2,(H2,20,25,26)/t15-,17+,18-/m1/s1. The number of hydrogen-bond donors (Lipinski definition) is 2. The zero-order chi connectivity index (χ0) is 18.8. The molecule has 0 amide bonds. The minimum atomic E-state index is -3.65. The first-order valence-electron chi connectivity index (χ1n) is 9.48. The molecule has 0 bridgehead atoms. The van der Waals surface area contributed by atoms with E-state index in [9.17, 15) is 13.5 Å². The van der Waals surface area contributed by atoms with E-state index in [0.29, 0.717) is 25.9 Å². The van der Waals surface area contributed by atoms with Gasteiger partial charge in [-0.25, -0.2) is 10.1 Å². The fourth-order valence-corrected chi connectivity index (χ4v) is 6.28. The van der Waals surface area contributed by atoms with E-state index in [2.05, 4.69) is 21.7 Å². The Kier molecular flexibility index (Phi) is 3.78. The Hall–Kier alpha value is -1.74.